The SMILES string of the molecule is CCCCCCCCCCCCCC(Cc1cc(C(C)(C)C)c(O)c(C(C)(C)C)c1)C(=O)Oc1c(C(C)(C)C)cc(CC(CCSCCC(Cc2cc(C(C)(C)C)c(O)c(C(C)(C)C)c2)C(=O)O)C(=O)O)cc1C(C)(C)C. The molecule has 8 nitrogen and oxygen atoms in total. The van der Waals surface area contributed by atoms with Gasteiger partial charge in [-0.05, 0) is 121 Å². The lowest BCUT2D eigenvalue weighted by Gasteiger charge is -2.31. The van der Waals surface area contributed by atoms with Crippen molar-refractivity contribution in [1.29, 1.82) is 0 Å². The Kier molecular flexibility index (Phi) is 24.9. The van der Waals surface area contributed by atoms with Gasteiger partial charge in [-0.2, -0.15) is 11.8 Å². The van der Waals surface area contributed by atoms with E-state index in [1.54, 1.807) is 11.8 Å². The highest BCUT2D eigenvalue weighted by Gasteiger charge is 2.34. The van der Waals surface area contributed by atoms with E-state index < -0.39 is 40.5 Å². The third kappa shape index (κ3) is 21.2. The number of carboxylic acids is 2. The zero-order valence-corrected chi connectivity index (χ0v) is 52.8. The van der Waals surface area contributed by atoms with Crippen LogP contribution in [0.5, 0.6) is 17.2 Å². The molecule has 0 amide bonds. The van der Waals surface area contributed by atoms with Crippen molar-refractivity contribution in [2.75, 3.05) is 11.5 Å². The van der Waals surface area contributed by atoms with E-state index in [4.69, 9.17) is 4.74 Å². The van der Waals surface area contributed by atoms with Crippen LogP contribution in [0.1, 0.15) is 272 Å². The van der Waals surface area contributed by atoms with Crippen molar-refractivity contribution in [1.82, 2.24) is 0 Å². The molecule has 0 heterocycles. The summed E-state index contributed by atoms with van der Waals surface area (Å²) in [5.74, 6) is -1.43. The normalized spacial score (nSPS) is 14.1. The Hall–Kier alpha value is -3.98. The number of ether oxygens (including phenoxy) is 1. The van der Waals surface area contributed by atoms with Gasteiger partial charge >= 0.3 is 17.9 Å². The predicted octanol–water partition coefficient (Wildman–Crippen LogP) is 18.0. The Morgan fingerprint density at radius 1 is 0.416 bits per heavy atom. The van der Waals surface area contributed by atoms with Gasteiger partial charge in [-0.1, -0.05) is 239 Å². The molecule has 3 unspecified atom stereocenters. The predicted molar refractivity (Wildman–Crippen MR) is 325 cm³/mol. The number of aromatic hydroxyl groups is 2. The van der Waals surface area contributed by atoms with Gasteiger partial charge in [0.25, 0.3) is 0 Å². The molecule has 77 heavy (non-hydrogen) atoms. The van der Waals surface area contributed by atoms with Crippen LogP contribution in [0, 0.1) is 17.8 Å². The molecule has 3 atom stereocenters. The highest BCUT2D eigenvalue weighted by molar-refractivity contribution is 7.99. The number of thioether (sulfide) groups is 1. The van der Waals surface area contributed by atoms with Gasteiger partial charge in [0.2, 0.25) is 0 Å². The highest BCUT2D eigenvalue weighted by Crippen LogP contribution is 2.45. The summed E-state index contributed by atoms with van der Waals surface area (Å²) in [6, 6.07) is 12.2. The number of hydrogen-bond acceptors (Lipinski definition) is 7. The zero-order valence-electron chi connectivity index (χ0n) is 52.0. The minimum atomic E-state index is -0.875. The summed E-state index contributed by atoms with van der Waals surface area (Å²) in [6.07, 6.45) is 16.1. The molecule has 3 rings (SSSR count). The molecule has 0 bridgehead atoms. The Morgan fingerprint density at radius 2 is 0.688 bits per heavy atom. The lowest BCUT2D eigenvalue weighted by Crippen LogP contribution is -2.28. The number of carbonyl (C=O) groups is 3. The van der Waals surface area contributed by atoms with Crippen LogP contribution in [0.25, 0.3) is 0 Å². The second kappa shape index (κ2) is 28.4. The van der Waals surface area contributed by atoms with E-state index in [0.717, 1.165) is 69.3 Å². The molecular weight excluding hydrogens is 977 g/mol. The summed E-state index contributed by atoms with van der Waals surface area (Å²) in [6.45, 7) is 39.9. The van der Waals surface area contributed by atoms with Gasteiger partial charge in [-0.15, -0.1) is 0 Å². The van der Waals surface area contributed by atoms with Gasteiger partial charge in [-0.3, -0.25) is 14.4 Å². The third-order valence-electron chi connectivity index (χ3n) is 15.4. The molecular formula is C68H108O8S. The van der Waals surface area contributed by atoms with E-state index in [0.29, 0.717) is 61.5 Å². The fraction of sp³-hybridized carbons (Fsp3) is 0.691. The van der Waals surface area contributed by atoms with Crippen molar-refractivity contribution in [3.63, 3.8) is 0 Å². The third-order valence-corrected chi connectivity index (χ3v) is 16.4. The fourth-order valence-electron chi connectivity index (χ4n) is 10.5. The second-order valence-corrected chi connectivity index (χ2v) is 30.1. The summed E-state index contributed by atoms with van der Waals surface area (Å²) < 4.78 is 6.79. The molecule has 9 heteroatoms. The molecule has 0 spiro atoms. The Balaban J connectivity index is 1.91. The first-order valence-corrected chi connectivity index (χ1v) is 30.7. The van der Waals surface area contributed by atoms with Gasteiger partial charge in [0.05, 0.1) is 17.8 Å². The average molecular weight is 1090 g/mol. The van der Waals surface area contributed by atoms with Crippen LogP contribution in [0.3, 0.4) is 0 Å². The molecule has 0 aliphatic heterocycles. The van der Waals surface area contributed by atoms with Gasteiger partial charge in [0, 0.05) is 11.1 Å². The molecule has 0 fully saturated rings. The Labute approximate surface area is 473 Å². The van der Waals surface area contributed by atoms with E-state index in [9.17, 15) is 30.0 Å². The zero-order chi connectivity index (χ0) is 58.5. The molecule has 0 radical (unpaired) electrons. The van der Waals surface area contributed by atoms with Crippen molar-refractivity contribution < 1.29 is 39.5 Å². The van der Waals surface area contributed by atoms with Crippen LogP contribution in [-0.2, 0) is 66.1 Å². The first kappa shape index (κ1) is 67.3. The minimum absolute atomic E-state index is 0.263. The molecule has 3 aromatic rings. The number of unbranched alkanes of at least 4 members (excludes halogenated alkanes) is 10. The standard InChI is InChI=1S/C68H108O8S/c1-20-21-22-23-24-25-26-27-28-29-30-31-50(38-47-41-53(65(8,9)10)58(70)54(42-47)66(11,12)13)62(75)76-59-55(67(14,15)16)43-46(44-56(59)68(17,18)19)37-49(61(73)74)33-35-77-34-32-48(60(71)72)36-45-39-51(63(2,3)4)57(69)52(40-45)64(5,6)7/h39-44,48-50,69-70H,20-38H2,1-19H3,(H,71,72)(H,73,74). The van der Waals surface area contributed by atoms with Crippen LogP contribution >= 0.6 is 11.8 Å². The molecule has 0 aromatic heterocycles. The van der Waals surface area contributed by atoms with E-state index in [2.05, 4.69) is 156 Å². The molecule has 0 saturated heterocycles. The largest absolute Gasteiger partial charge is 0.507 e. The number of benzene rings is 3. The number of rotatable bonds is 28. The van der Waals surface area contributed by atoms with Gasteiger partial charge in [0.1, 0.15) is 17.2 Å². The maximum atomic E-state index is 15.0. The summed E-state index contributed by atoms with van der Waals surface area (Å²) in [7, 11) is 0. The number of hydrogen-bond donors (Lipinski definition) is 4. The Morgan fingerprint density at radius 3 is 0.974 bits per heavy atom. The molecule has 434 valence electrons. The van der Waals surface area contributed by atoms with Crippen LogP contribution in [0.4, 0.5) is 0 Å². The Bertz CT molecular complexity index is 2280. The summed E-state index contributed by atoms with van der Waals surface area (Å²) >= 11 is 1.59. The molecule has 4 N–H and O–H groups in total. The fourth-order valence-corrected chi connectivity index (χ4v) is 11.6. The van der Waals surface area contributed by atoms with Gasteiger partial charge < -0.3 is 25.2 Å². The minimum Gasteiger partial charge on any atom is -0.507 e. The maximum Gasteiger partial charge on any atom is 0.314 e. The lowest BCUT2D eigenvalue weighted by molar-refractivity contribution is -0.142. The molecule has 0 aliphatic carbocycles. The summed E-state index contributed by atoms with van der Waals surface area (Å²) in [4.78, 5) is 40.6. The van der Waals surface area contributed by atoms with Gasteiger partial charge in [0.15, 0.2) is 0 Å². The number of phenols is 2. The van der Waals surface area contributed by atoms with E-state index >= 15 is 4.79 Å². The second-order valence-electron chi connectivity index (χ2n) is 28.9. The van der Waals surface area contributed by atoms with Crippen LogP contribution in [0.2, 0.25) is 0 Å². The lowest BCUT2D eigenvalue weighted by atomic mass is 9.77. The van der Waals surface area contributed by atoms with Crippen molar-refractivity contribution in [2.45, 2.75) is 273 Å². The van der Waals surface area contributed by atoms with Gasteiger partial charge in [-0.25, -0.2) is 0 Å². The summed E-state index contributed by atoms with van der Waals surface area (Å²) in [5.41, 5.74) is 5.71. The van der Waals surface area contributed by atoms with Crippen molar-refractivity contribution in [2.24, 2.45) is 17.8 Å². The van der Waals surface area contributed by atoms with Crippen LogP contribution in [-0.4, -0.2) is 49.8 Å². The first-order valence-electron chi connectivity index (χ1n) is 29.5. The van der Waals surface area contributed by atoms with Crippen LogP contribution < -0.4 is 4.74 Å². The molecule has 0 aliphatic rings. The number of carbonyl (C=O) groups excluding carboxylic acids is 1. The van der Waals surface area contributed by atoms with E-state index in [1.807, 2.05) is 12.1 Å². The monoisotopic (exact) mass is 1080 g/mol. The quantitative estimate of drug-likeness (QED) is 0.0318. The highest BCUT2D eigenvalue weighted by atomic mass is 32.2. The van der Waals surface area contributed by atoms with Crippen molar-refractivity contribution in [3.05, 3.63) is 86.5 Å². The number of carboxylic acid groups (broad SMARTS) is 2. The van der Waals surface area contributed by atoms with Crippen molar-refractivity contribution in [3.8, 4) is 17.2 Å². The molecule has 3 aromatic carbocycles. The average Bonchev–Trinajstić information content (AvgIpc) is 3.28. The topological polar surface area (TPSA) is 141 Å². The maximum absolute atomic E-state index is 15.0. The van der Waals surface area contributed by atoms with E-state index in [-0.39, 0.29) is 33.4 Å². The number of aliphatic carboxylic acids is 2. The van der Waals surface area contributed by atoms with E-state index in [1.165, 1.54) is 51.4 Å². The molecule has 0 saturated carbocycles. The summed E-state index contributed by atoms with van der Waals surface area (Å²) in [5, 5.41) is 43.8. The smallest absolute Gasteiger partial charge is 0.314 e. The van der Waals surface area contributed by atoms with Crippen molar-refractivity contribution >= 4 is 29.7 Å². The van der Waals surface area contributed by atoms with Crippen LogP contribution in [0.15, 0.2) is 36.4 Å². The number of phenolic OH excluding ortho intramolecular Hbond substituents is 2. The first-order chi connectivity index (χ1) is 35.4. The number of esters is 1.